The van der Waals surface area contributed by atoms with Crippen molar-refractivity contribution in [1.82, 2.24) is 4.31 Å². The molecule has 1 heterocycles. The molecule has 9 nitrogen and oxygen atoms in total. The summed E-state index contributed by atoms with van der Waals surface area (Å²) in [4.78, 5) is 10.8. The number of benzene rings is 2. The molecule has 0 atom stereocenters. The summed E-state index contributed by atoms with van der Waals surface area (Å²) in [6.45, 7) is 2.78. The normalized spacial score (nSPS) is 15.9. The number of rotatable bonds is 6. The van der Waals surface area contributed by atoms with Crippen LogP contribution in [0.1, 0.15) is 12.5 Å². The molecular weight excluding hydrogens is 464 g/mol. The molecule has 0 spiro atoms. The van der Waals surface area contributed by atoms with Crippen LogP contribution in [-0.2, 0) is 14.8 Å². The highest BCUT2D eigenvalue weighted by Crippen LogP contribution is 2.29. The number of anilines is 1. The summed E-state index contributed by atoms with van der Waals surface area (Å²) >= 11 is 3.43. The highest BCUT2D eigenvalue weighted by Gasteiger charge is 2.28. The van der Waals surface area contributed by atoms with E-state index in [-0.39, 0.29) is 29.4 Å². The van der Waals surface area contributed by atoms with E-state index in [1.807, 2.05) is 24.3 Å². The van der Waals surface area contributed by atoms with Crippen LogP contribution in [0.3, 0.4) is 0 Å². The van der Waals surface area contributed by atoms with E-state index in [1.165, 1.54) is 16.4 Å². The first-order chi connectivity index (χ1) is 13.8. The van der Waals surface area contributed by atoms with E-state index in [0.717, 1.165) is 16.1 Å². The Labute approximate surface area is 176 Å². The molecule has 2 aromatic rings. The van der Waals surface area contributed by atoms with Gasteiger partial charge in [-0.15, -0.1) is 0 Å². The van der Waals surface area contributed by atoms with E-state index in [0.29, 0.717) is 18.9 Å². The SMILES string of the molecule is CC(=NNc1ccc(S(=O)(=O)N2CCOCC2)cc1[N+](=O)[O-])c1ccccc1Br. The fourth-order valence-electron chi connectivity index (χ4n) is 2.81. The number of halogens is 1. The number of morpholine rings is 1. The van der Waals surface area contributed by atoms with Crippen molar-refractivity contribution >= 4 is 43.0 Å². The second kappa shape index (κ2) is 8.99. The molecule has 1 aliphatic heterocycles. The molecule has 1 aliphatic rings. The molecule has 0 unspecified atom stereocenters. The molecule has 154 valence electrons. The van der Waals surface area contributed by atoms with Gasteiger partial charge in [-0.05, 0) is 25.1 Å². The first-order valence-electron chi connectivity index (χ1n) is 8.72. The topological polar surface area (TPSA) is 114 Å². The summed E-state index contributed by atoms with van der Waals surface area (Å²) in [5, 5.41) is 15.7. The third kappa shape index (κ3) is 4.81. The number of nitrogens with zero attached hydrogens (tertiary/aromatic N) is 3. The molecule has 1 saturated heterocycles. The molecule has 0 radical (unpaired) electrons. The first-order valence-corrected chi connectivity index (χ1v) is 11.0. The minimum atomic E-state index is -3.84. The number of nitro groups is 1. The van der Waals surface area contributed by atoms with Crippen molar-refractivity contribution in [3.63, 3.8) is 0 Å². The van der Waals surface area contributed by atoms with Crippen LogP contribution in [0.15, 0.2) is 56.9 Å². The van der Waals surface area contributed by atoms with Gasteiger partial charge in [0.2, 0.25) is 10.0 Å². The van der Waals surface area contributed by atoms with Gasteiger partial charge in [0.1, 0.15) is 5.69 Å². The molecule has 11 heteroatoms. The summed E-state index contributed by atoms with van der Waals surface area (Å²) in [6, 6.07) is 11.2. The fourth-order valence-corrected chi connectivity index (χ4v) is 4.81. The van der Waals surface area contributed by atoms with Crippen LogP contribution < -0.4 is 5.43 Å². The van der Waals surface area contributed by atoms with E-state index in [2.05, 4.69) is 26.5 Å². The van der Waals surface area contributed by atoms with Gasteiger partial charge in [-0.25, -0.2) is 8.42 Å². The predicted molar refractivity (Wildman–Crippen MR) is 113 cm³/mol. The second-order valence-electron chi connectivity index (χ2n) is 6.24. The highest BCUT2D eigenvalue weighted by molar-refractivity contribution is 9.10. The van der Waals surface area contributed by atoms with Crippen LogP contribution >= 0.6 is 15.9 Å². The van der Waals surface area contributed by atoms with Gasteiger partial charge in [-0.1, -0.05) is 34.1 Å². The average molecular weight is 483 g/mol. The minimum Gasteiger partial charge on any atom is -0.379 e. The van der Waals surface area contributed by atoms with Crippen LogP contribution in [0.2, 0.25) is 0 Å². The van der Waals surface area contributed by atoms with Crippen molar-refractivity contribution in [3.05, 3.63) is 62.6 Å². The van der Waals surface area contributed by atoms with Crippen LogP contribution in [0.25, 0.3) is 0 Å². The van der Waals surface area contributed by atoms with Gasteiger partial charge in [0, 0.05) is 29.2 Å². The van der Waals surface area contributed by atoms with Crippen LogP contribution in [0.4, 0.5) is 11.4 Å². The number of sulfonamides is 1. The van der Waals surface area contributed by atoms with Crippen molar-refractivity contribution in [2.24, 2.45) is 5.10 Å². The van der Waals surface area contributed by atoms with E-state index in [1.54, 1.807) is 6.92 Å². The van der Waals surface area contributed by atoms with Crippen molar-refractivity contribution in [2.45, 2.75) is 11.8 Å². The number of hydrogen-bond acceptors (Lipinski definition) is 7. The lowest BCUT2D eigenvalue weighted by atomic mass is 10.1. The summed E-state index contributed by atoms with van der Waals surface area (Å²) in [7, 11) is -3.84. The number of hydrogen-bond donors (Lipinski definition) is 1. The minimum absolute atomic E-state index is 0.0994. The Bertz CT molecular complexity index is 1050. The van der Waals surface area contributed by atoms with Gasteiger partial charge in [0.15, 0.2) is 0 Å². The van der Waals surface area contributed by atoms with E-state index in [4.69, 9.17) is 4.74 Å². The third-order valence-corrected chi connectivity index (χ3v) is 6.97. The Balaban J connectivity index is 1.90. The number of ether oxygens (including phenoxy) is 1. The molecule has 2 aromatic carbocycles. The lowest BCUT2D eigenvalue weighted by Crippen LogP contribution is -2.40. The lowest BCUT2D eigenvalue weighted by molar-refractivity contribution is -0.384. The number of nitrogens with one attached hydrogen (secondary N) is 1. The molecule has 0 aliphatic carbocycles. The monoisotopic (exact) mass is 482 g/mol. The smallest absolute Gasteiger partial charge is 0.295 e. The van der Waals surface area contributed by atoms with E-state index < -0.39 is 14.9 Å². The Kier molecular flexibility index (Phi) is 6.63. The summed E-state index contributed by atoms with van der Waals surface area (Å²) in [6.07, 6.45) is 0. The van der Waals surface area contributed by atoms with E-state index >= 15 is 0 Å². The standard InChI is InChI=1S/C18H19BrN4O5S/c1-13(15-4-2-3-5-16(15)19)20-21-17-7-6-14(12-18(17)23(24)25)29(26,27)22-8-10-28-11-9-22/h2-7,12,21H,8-11H2,1H3. The molecule has 29 heavy (non-hydrogen) atoms. The fraction of sp³-hybridized carbons (Fsp3) is 0.278. The van der Waals surface area contributed by atoms with Gasteiger partial charge in [0.05, 0.1) is 28.7 Å². The van der Waals surface area contributed by atoms with Gasteiger partial charge >= 0.3 is 0 Å². The van der Waals surface area contributed by atoms with Crippen molar-refractivity contribution in [3.8, 4) is 0 Å². The van der Waals surface area contributed by atoms with Gasteiger partial charge < -0.3 is 4.74 Å². The van der Waals surface area contributed by atoms with Gasteiger partial charge in [-0.2, -0.15) is 9.41 Å². The maximum atomic E-state index is 12.8. The molecule has 0 amide bonds. The van der Waals surface area contributed by atoms with Gasteiger partial charge in [0.25, 0.3) is 5.69 Å². The number of nitro benzene ring substituents is 1. The second-order valence-corrected chi connectivity index (χ2v) is 9.03. The zero-order valence-electron chi connectivity index (χ0n) is 15.5. The third-order valence-electron chi connectivity index (χ3n) is 4.38. The lowest BCUT2D eigenvalue weighted by Gasteiger charge is -2.26. The largest absolute Gasteiger partial charge is 0.379 e. The maximum absolute atomic E-state index is 12.8. The Morgan fingerprint density at radius 3 is 2.59 bits per heavy atom. The summed E-state index contributed by atoms with van der Waals surface area (Å²) in [5.74, 6) is 0. The molecule has 3 rings (SSSR count). The van der Waals surface area contributed by atoms with Gasteiger partial charge in [-0.3, -0.25) is 15.5 Å². The molecule has 0 saturated carbocycles. The van der Waals surface area contributed by atoms with Crippen LogP contribution in [-0.4, -0.2) is 49.7 Å². The zero-order valence-corrected chi connectivity index (χ0v) is 17.9. The Hall–Kier alpha value is -2.34. The molecule has 1 fully saturated rings. The maximum Gasteiger partial charge on any atom is 0.295 e. The molecular formula is C18H19BrN4O5S. The summed E-state index contributed by atoms with van der Waals surface area (Å²) < 4.78 is 32.8. The number of hydrazone groups is 1. The molecule has 1 N–H and O–H groups in total. The first kappa shape index (κ1) is 21.4. The average Bonchev–Trinajstić information content (AvgIpc) is 2.72. The highest BCUT2D eigenvalue weighted by atomic mass is 79.9. The van der Waals surface area contributed by atoms with Crippen molar-refractivity contribution < 1.29 is 18.1 Å². The van der Waals surface area contributed by atoms with Crippen molar-refractivity contribution in [1.29, 1.82) is 0 Å². The molecule has 0 bridgehead atoms. The van der Waals surface area contributed by atoms with Crippen LogP contribution in [0, 0.1) is 10.1 Å². The quantitative estimate of drug-likeness (QED) is 0.384. The molecule has 0 aromatic heterocycles. The Morgan fingerprint density at radius 2 is 1.93 bits per heavy atom. The Morgan fingerprint density at radius 1 is 1.24 bits per heavy atom. The summed E-state index contributed by atoms with van der Waals surface area (Å²) in [5.41, 5.74) is 3.84. The van der Waals surface area contributed by atoms with Crippen LogP contribution in [0.5, 0.6) is 0 Å². The van der Waals surface area contributed by atoms with E-state index in [9.17, 15) is 18.5 Å². The zero-order chi connectivity index (χ0) is 21.0. The predicted octanol–water partition coefficient (Wildman–Crippen LogP) is 3.21. The van der Waals surface area contributed by atoms with Crippen molar-refractivity contribution in [2.75, 3.05) is 31.7 Å².